The number of hydrogen-bond acceptors (Lipinski definition) is 3. The number of hydrogen-bond donors (Lipinski definition) is 2. The number of nitrogens with zero attached hydrogens (tertiary/aromatic N) is 1. The molecule has 1 aliphatic carbocycles. The van der Waals surface area contributed by atoms with Crippen molar-refractivity contribution in [1.82, 2.24) is 5.43 Å². The molecule has 5 heteroatoms. The smallest absolute Gasteiger partial charge is 0.184 e. The van der Waals surface area contributed by atoms with Gasteiger partial charge < -0.3 is 10.5 Å². The zero-order valence-electron chi connectivity index (χ0n) is 16.6. The monoisotopic (exact) mass is 383 g/mol. The average Bonchev–Trinajstić information content (AvgIpc) is 2.62. The molecule has 1 aliphatic rings. The molecule has 0 amide bonds. The average molecular weight is 384 g/mol. The van der Waals surface area contributed by atoms with Crippen LogP contribution in [-0.2, 0) is 0 Å². The van der Waals surface area contributed by atoms with Crippen molar-refractivity contribution in [3.63, 3.8) is 0 Å². The lowest BCUT2D eigenvalue weighted by atomic mass is 9.72. The third-order valence-electron chi connectivity index (χ3n) is 4.82. The second-order valence-electron chi connectivity index (χ2n) is 7.38. The number of methoxy groups -OCH3 is 1. The minimum Gasteiger partial charge on any atom is -0.497 e. The van der Waals surface area contributed by atoms with Crippen LogP contribution >= 0.6 is 12.2 Å². The number of ether oxygens (including phenoxy) is 1. The molecule has 0 aliphatic heterocycles. The topological polar surface area (TPSA) is 59.6 Å². The lowest BCUT2D eigenvalue weighted by molar-refractivity contribution is 0.377. The van der Waals surface area contributed by atoms with Gasteiger partial charge in [0, 0.05) is 0 Å². The Hall–Kier alpha value is -2.40. The van der Waals surface area contributed by atoms with Crippen LogP contribution in [0, 0.1) is 5.41 Å². The Balaban J connectivity index is 2.24. The molecule has 0 unspecified atom stereocenters. The van der Waals surface area contributed by atoms with Crippen molar-refractivity contribution >= 4 is 29.1 Å². The molecule has 0 atom stereocenters. The van der Waals surface area contributed by atoms with Crippen molar-refractivity contribution in [2.45, 2.75) is 40.0 Å². The van der Waals surface area contributed by atoms with Gasteiger partial charge in [-0.15, -0.1) is 0 Å². The first-order valence-corrected chi connectivity index (χ1v) is 9.56. The molecule has 3 N–H and O–H groups in total. The van der Waals surface area contributed by atoms with Crippen molar-refractivity contribution in [3.8, 4) is 5.75 Å². The fraction of sp³-hybridized carbons (Fsp3) is 0.364. The molecule has 0 heterocycles. The molecule has 144 valence electrons. The summed E-state index contributed by atoms with van der Waals surface area (Å²) in [5.41, 5.74) is 13.0. The summed E-state index contributed by atoms with van der Waals surface area (Å²) in [5, 5.41) is 4.45. The van der Waals surface area contributed by atoms with Gasteiger partial charge in [-0.3, -0.25) is 5.43 Å². The molecule has 0 saturated heterocycles. The van der Waals surface area contributed by atoms with Crippen LogP contribution in [0.2, 0.25) is 0 Å². The molecule has 4 nitrogen and oxygen atoms in total. The van der Waals surface area contributed by atoms with Gasteiger partial charge in [-0.1, -0.05) is 43.7 Å². The van der Waals surface area contributed by atoms with Gasteiger partial charge in [-0.2, -0.15) is 5.10 Å². The zero-order chi connectivity index (χ0) is 19.9. The highest BCUT2D eigenvalue weighted by atomic mass is 32.1. The molecular weight excluding hydrogens is 354 g/mol. The van der Waals surface area contributed by atoms with Gasteiger partial charge in [0.2, 0.25) is 0 Å². The summed E-state index contributed by atoms with van der Waals surface area (Å²) >= 11 is 4.87. The largest absolute Gasteiger partial charge is 0.497 e. The van der Waals surface area contributed by atoms with Gasteiger partial charge in [0.05, 0.1) is 12.8 Å². The number of allylic oxidation sites excluding steroid dienone is 5. The fourth-order valence-corrected chi connectivity index (χ4v) is 3.37. The van der Waals surface area contributed by atoms with E-state index in [4.69, 9.17) is 22.7 Å². The molecule has 0 saturated carbocycles. The summed E-state index contributed by atoms with van der Waals surface area (Å²) in [6.07, 6.45) is 11.7. The first-order chi connectivity index (χ1) is 12.8. The molecular formula is C22H29N3OS. The fourth-order valence-electron chi connectivity index (χ4n) is 3.33. The van der Waals surface area contributed by atoms with Gasteiger partial charge in [-0.05, 0) is 79.2 Å². The van der Waals surface area contributed by atoms with E-state index in [1.54, 1.807) is 7.11 Å². The lowest BCUT2D eigenvalue weighted by Gasteiger charge is -2.32. The molecule has 2 rings (SSSR count). The maximum Gasteiger partial charge on any atom is 0.184 e. The Morgan fingerprint density at radius 3 is 2.48 bits per heavy atom. The quantitative estimate of drug-likeness (QED) is 0.413. The molecule has 0 aromatic heterocycles. The highest BCUT2D eigenvalue weighted by Gasteiger charge is 2.26. The Morgan fingerprint density at radius 2 is 1.89 bits per heavy atom. The van der Waals surface area contributed by atoms with Crippen LogP contribution in [0.3, 0.4) is 0 Å². The minimum absolute atomic E-state index is 0.145. The Bertz CT molecular complexity index is 786. The van der Waals surface area contributed by atoms with Crippen LogP contribution in [0.25, 0.3) is 6.08 Å². The highest BCUT2D eigenvalue weighted by Crippen LogP contribution is 2.40. The first-order valence-electron chi connectivity index (χ1n) is 9.15. The van der Waals surface area contributed by atoms with Crippen LogP contribution in [-0.4, -0.2) is 17.9 Å². The minimum atomic E-state index is 0.145. The second kappa shape index (κ2) is 9.51. The number of benzene rings is 1. The van der Waals surface area contributed by atoms with E-state index in [1.165, 1.54) is 24.0 Å². The van der Waals surface area contributed by atoms with Crippen molar-refractivity contribution < 1.29 is 4.74 Å². The third kappa shape index (κ3) is 6.36. The Morgan fingerprint density at radius 1 is 1.22 bits per heavy atom. The second-order valence-corrected chi connectivity index (χ2v) is 7.82. The summed E-state index contributed by atoms with van der Waals surface area (Å²) in [6.45, 7) is 6.82. The van der Waals surface area contributed by atoms with E-state index in [0.717, 1.165) is 23.4 Å². The number of thiocarbonyl (C=S) groups is 1. The van der Waals surface area contributed by atoms with Crippen LogP contribution < -0.4 is 15.9 Å². The van der Waals surface area contributed by atoms with Gasteiger partial charge in [0.15, 0.2) is 5.11 Å². The molecule has 0 radical (unpaired) electrons. The van der Waals surface area contributed by atoms with E-state index in [1.807, 2.05) is 42.5 Å². The standard InChI is InChI=1S/C22H29N3OS/c1-16-6-5-15-22(2,3)20(16)14-11-18(24-25-21(23)27)10-7-17-8-12-19(26-4)13-9-17/h7-14H,5-6,15H2,1-4H3,(H3,23,25,27). The number of nitrogens with two attached hydrogens (primary N) is 1. The highest BCUT2D eigenvalue weighted by molar-refractivity contribution is 7.80. The van der Waals surface area contributed by atoms with Crippen molar-refractivity contribution in [3.05, 3.63) is 59.2 Å². The summed E-state index contributed by atoms with van der Waals surface area (Å²) in [5.74, 6) is 0.832. The molecule has 27 heavy (non-hydrogen) atoms. The van der Waals surface area contributed by atoms with Crippen molar-refractivity contribution in [1.29, 1.82) is 0 Å². The maximum atomic E-state index is 5.53. The SMILES string of the molecule is COc1ccc(C=CC(C=CC2=C(C)CCCC2(C)C)=NNC(N)=S)cc1. The van der Waals surface area contributed by atoms with Gasteiger partial charge in [0.1, 0.15) is 5.75 Å². The summed E-state index contributed by atoms with van der Waals surface area (Å²) in [6, 6.07) is 7.85. The molecule has 1 aromatic carbocycles. The lowest BCUT2D eigenvalue weighted by Crippen LogP contribution is -2.25. The maximum absolute atomic E-state index is 5.53. The molecule has 0 fully saturated rings. The van der Waals surface area contributed by atoms with Crippen molar-refractivity contribution in [2.24, 2.45) is 16.3 Å². The van der Waals surface area contributed by atoms with Crippen LogP contribution in [0.5, 0.6) is 5.75 Å². The van der Waals surface area contributed by atoms with E-state index in [-0.39, 0.29) is 10.5 Å². The number of rotatable bonds is 6. The molecule has 1 aromatic rings. The predicted molar refractivity (Wildman–Crippen MR) is 119 cm³/mol. The molecule has 0 spiro atoms. The Labute approximate surface area is 167 Å². The first kappa shape index (κ1) is 20.9. The van der Waals surface area contributed by atoms with Crippen LogP contribution in [0.4, 0.5) is 0 Å². The van der Waals surface area contributed by atoms with E-state index < -0.39 is 0 Å². The van der Waals surface area contributed by atoms with Gasteiger partial charge >= 0.3 is 0 Å². The molecule has 0 bridgehead atoms. The van der Waals surface area contributed by atoms with E-state index >= 15 is 0 Å². The predicted octanol–water partition coefficient (Wildman–Crippen LogP) is 4.98. The van der Waals surface area contributed by atoms with Crippen molar-refractivity contribution in [2.75, 3.05) is 7.11 Å². The van der Waals surface area contributed by atoms with E-state index in [2.05, 4.69) is 37.4 Å². The third-order valence-corrected chi connectivity index (χ3v) is 4.91. The summed E-state index contributed by atoms with van der Waals surface area (Å²) in [7, 11) is 1.66. The van der Waals surface area contributed by atoms with E-state index in [9.17, 15) is 0 Å². The van der Waals surface area contributed by atoms with Gasteiger partial charge in [0.25, 0.3) is 0 Å². The number of hydrazone groups is 1. The van der Waals surface area contributed by atoms with Crippen LogP contribution in [0.15, 0.2) is 58.7 Å². The summed E-state index contributed by atoms with van der Waals surface area (Å²) in [4.78, 5) is 0. The van der Waals surface area contributed by atoms with Gasteiger partial charge in [-0.25, -0.2) is 0 Å². The van der Waals surface area contributed by atoms with Crippen LogP contribution in [0.1, 0.15) is 45.6 Å². The Kier molecular flexibility index (Phi) is 7.36. The normalized spacial score (nSPS) is 17.6. The van der Waals surface area contributed by atoms with E-state index in [0.29, 0.717) is 0 Å². The summed E-state index contributed by atoms with van der Waals surface area (Å²) < 4.78 is 5.19. The number of nitrogens with one attached hydrogen (secondary N) is 1. The zero-order valence-corrected chi connectivity index (χ0v) is 17.4.